The Bertz CT molecular complexity index is 2030. The predicted molar refractivity (Wildman–Crippen MR) is 184 cm³/mol. The SMILES string of the molecule is CCOC(=O)CCCNC(c1ccccc1)C1n2c(c(Cc3c(F)cccc3C(F)(F)F)c(C)c(-c3cccc(OC(F)(F)F)c3F)c2=O)SC1(C)C. The molecule has 0 aliphatic carbocycles. The largest absolute Gasteiger partial charge is 0.573 e. The van der Waals surface area contributed by atoms with Crippen molar-refractivity contribution in [2.45, 2.75) is 81.4 Å². The lowest BCUT2D eigenvalue weighted by molar-refractivity contribution is -0.275. The van der Waals surface area contributed by atoms with Crippen molar-refractivity contribution < 1.29 is 49.4 Å². The van der Waals surface area contributed by atoms with E-state index in [4.69, 9.17) is 4.74 Å². The third kappa shape index (κ3) is 8.56. The van der Waals surface area contributed by atoms with Gasteiger partial charge in [-0.1, -0.05) is 60.3 Å². The molecule has 4 aromatic rings. The van der Waals surface area contributed by atoms with Crippen LogP contribution in [0.15, 0.2) is 76.6 Å². The van der Waals surface area contributed by atoms with Crippen molar-refractivity contribution in [3.8, 4) is 16.9 Å². The molecule has 0 saturated heterocycles. The molecule has 2 unspecified atom stereocenters. The third-order valence-corrected chi connectivity index (χ3v) is 10.4. The molecule has 1 aromatic heterocycles. The standard InChI is InChI=1S/C38H36F8N2O4S/c1-5-51-29(49)18-11-19-47-32(22-12-7-6-8-13-22)33-36(3,4)53-35-24(20-25-26(37(41,42)43)15-10-16-27(25)39)21(2)30(34(50)48(33)35)23-14-9-17-28(31(23)40)52-38(44,45)46/h6-10,12-17,32-33,47H,5,11,18-20H2,1-4H3. The Morgan fingerprint density at radius 3 is 2.28 bits per heavy atom. The molecule has 284 valence electrons. The molecule has 1 N–H and O–H groups in total. The van der Waals surface area contributed by atoms with E-state index in [0.29, 0.717) is 12.0 Å². The number of nitrogens with one attached hydrogen (secondary N) is 1. The second-order valence-electron chi connectivity index (χ2n) is 13.0. The molecule has 0 fully saturated rings. The van der Waals surface area contributed by atoms with Gasteiger partial charge >= 0.3 is 18.5 Å². The van der Waals surface area contributed by atoms with Crippen LogP contribution >= 0.6 is 11.8 Å². The number of hydrogen-bond acceptors (Lipinski definition) is 6. The highest BCUT2D eigenvalue weighted by atomic mass is 32.2. The number of alkyl halides is 6. The molecule has 2 atom stereocenters. The molecule has 0 bridgehead atoms. The number of ether oxygens (including phenoxy) is 2. The van der Waals surface area contributed by atoms with Gasteiger partial charge in [-0.2, -0.15) is 13.2 Å². The highest BCUT2D eigenvalue weighted by Gasteiger charge is 2.48. The lowest BCUT2D eigenvalue weighted by atomic mass is 9.88. The zero-order valence-electron chi connectivity index (χ0n) is 29.1. The van der Waals surface area contributed by atoms with E-state index in [1.807, 2.05) is 13.8 Å². The zero-order chi connectivity index (χ0) is 38.9. The molecule has 0 amide bonds. The van der Waals surface area contributed by atoms with Crippen molar-refractivity contribution in [1.82, 2.24) is 9.88 Å². The van der Waals surface area contributed by atoms with Gasteiger partial charge in [0.2, 0.25) is 0 Å². The Morgan fingerprint density at radius 1 is 0.962 bits per heavy atom. The van der Waals surface area contributed by atoms with Crippen molar-refractivity contribution in [1.29, 1.82) is 0 Å². The Hall–Kier alpha value is -4.37. The fraction of sp³-hybridized carbons (Fsp3) is 0.368. The van der Waals surface area contributed by atoms with Crippen molar-refractivity contribution in [2.75, 3.05) is 13.2 Å². The first-order chi connectivity index (χ1) is 24.9. The van der Waals surface area contributed by atoms with Gasteiger partial charge in [0.05, 0.1) is 34.8 Å². The molecule has 2 heterocycles. The van der Waals surface area contributed by atoms with E-state index in [2.05, 4.69) is 10.1 Å². The van der Waals surface area contributed by atoms with E-state index in [9.17, 15) is 35.9 Å². The Labute approximate surface area is 304 Å². The molecule has 6 nitrogen and oxygen atoms in total. The van der Waals surface area contributed by atoms with Crippen LogP contribution in [-0.4, -0.2) is 34.8 Å². The minimum atomic E-state index is -5.28. The average Bonchev–Trinajstić information content (AvgIpc) is 3.35. The van der Waals surface area contributed by atoms with Gasteiger partial charge in [0.25, 0.3) is 5.56 Å². The normalized spacial score (nSPS) is 16.0. The first-order valence-electron chi connectivity index (χ1n) is 16.7. The number of fused-ring (bicyclic) bond motifs is 1. The lowest BCUT2D eigenvalue weighted by Crippen LogP contribution is -2.42. The van der Waals surface area contributed by atoms with Gasteiger partial charge in [0.1, 0.15) is 5.82 Å². The Morgan fingerprint density at radius 2 is 1.64 bits per heavy atom. The number of carbonyl (C=O) groups excluding carboxylic acids is 1. The fourth-order valence-electron chi connectivity index (χ4n) is 6.77. The molecule has 0 radical (unpaired) electrons. The molecule has 1 aliphatic rings. The summed E-state index contributed by atoms with van der Waals surface area (Å²) in [6.45, 7) is 7.13. The third-order valence-electron chi connectivity index (χ3n) is 9.03. The van der Waals surface area contributed by atoms with Crippen LogP contribution in [-0.2, 0) is 22.1 Å². The maximum absolute atomic E-state index is 16.0. The first-order valence-corrected chi connectivity index (χ1v) is 17.5. The molecular formula is C38H36F8N2O4S. The smallest absolute Gasteiger partial charge is 0.466 e. The van der Waals surface area contributed by atoms with E-state index in [0.717, 1.165) is 36.4 Å². The summed E-state index contributed by atoms with van der Waals surface area (Å²) >= 11 is 1.17. The number of esters is 1. The monoisotopic (exact) mass is 768 g/mol. The van der Waals surface area contributed by atoms with E-state index < -0.39 is 87.0 Å². The summed E-state index contributed by atoms with van der Waals surface area (Å²) in [5.41, 5.74) is -3.08. The van der Waals surface area contributed by atoms with Crippen molar-refractivity contribution in [2.24, 2.45) is 0 Å². The van der Waals surface area contributed by atoms with Gasteiger partial charge in [-0.15, -0.1) is 13.2 Å². The summed E-state index contributed by atoms with van der Waals surface area (Å²) in [5.74, 6) is -4.30. The van der Waals surface area contributed by atoms with Gasteiger partial charge in [-0.05, 0) is 75.5 Å². The van der Waals surface area contributed by atoms with Crippen LogP contribution in [0.1, 0.15) is 73.5 Å². The van der Waals surface area contributed by atoms with E-state index in [-0.39, 0.29) is 35.7 Å². The van der Waals surface area contributed by atoms with Crippen LogP contribution in [0.5, 0.6) is 5.75 Å². The van der Waals surface area contributed by atoms with Crippen molar-refractivity contribution >= 4 is 17.7 Å². The maximum Gasteiger partial charge on any atom is 0.573 e. The zero-order valence-corrected chi connectivity index (χ0v) is 29.9. The molecular weight excluding hydrogens is 732 g/mol. The number of rotatable bonds is 12. The summed E-state index contributed by atoms with van der Waals surface area (Å²) in [5, 5.41) is 3.61. The van der Waals surface area contributed by atoms with Crippen molar-refractivity contribution in [3.05, 3.63) is 117 Å². The number of nitrogens with zero attached hydrogens (tertiary/aromatic N) is 1. The van der Waals surface area contributed by atoms with Gasteiger partial charge < -0.3 is 14.8 Å². The maximum atomic E-state index is 16.0. The van der Waals surface area contributed by atoms with Crippen LogP contribution in [0.4, 0.5) is 35.1 Å². The average molecular weight is 769 g/mol. The quantitative estimate of drug-likeness (QED) is 0.0880. The van der Waals surface area contributed by atoms with Gasteiger partial charge in [0.15, 0.2) is 11.6 Å². The molecule has 0 spiro atoms. The molecule has 3 aromatic carbocycles. The molecule has 0 saturated carbocycles. The van der Waals surface area contributed by atoms with Gasteiger partial charge in [-0.25, -0.2) is 8.78 Å². The topological polar surface area (TPSA) is 69.6 Å². The highest BCUT2D eigenvalue weighted by molar-refractivity contribution is 8.00. The van der Waals surface area contributed by atoms with E-state index in [1.54, 1.807) is 37.3 Å². The van der Waals surface area contributed by atoms with Crippen molar-refractivity contribution in [3.63, 3.8) is 0 Å². The minimum Gasteiger partial charge on any atom is -0.466 e. The molecule has 5 rings (SSSR count). The van der Waals surface area contributed by atoms with Gasteiger partial charge in [-0.3, -0.25) is 14.2 Å². The van der Waals surface area contributed by atoms with Crippen LogP contribution in [0, 0.1) is 18.6 Å². The molecule has 15 heteroatoms. The second kappa shape index (κ2) is 15.5. The summed E-state index contributed by atoms with van der Waals surface area (Å²) in [6, 6.07) is 12.8. The van der Waals surface area contributed by atoms with E-state index >= 15 is 8.78 Å². The first kappa shape index (κ1) is 39.8. The second-order valence-corrected chi connectivity index (χ2v) is 14.6. The van der Waals surface area contributed by atoms with Crippen LogP contribution in [0.25, 0.3) is 11.1 Å². The number of thioether (sulfide) groups is 1. The Balaban J connectivity index is 1.78. The highest BCUT2D eigenvalue weighted by Crippen LogP contribution is 2.55. The van der Waals surface area contributed by atoms with Crippen LogP contribution in [0.3, 0.4) is 0 Å². The lowest BCUT2D eigenvalue weighted by Gasteiger charge is -2.35. The number of carbonyl (C=O) groups is 1. The summed E-state index contributed by atoms with van der Waals surface area (Å²) in [6.07, 6.45) is -10.5. The van der Waals surface area contributed by atoms with Crippen LogP contribution < -0.4 is 15.6 Å². The minimum absolute atomic E-state index is 0.0386. The molecule has 53 heavy (non-hydrogen) atoms. The summed E-state index contributed by atoms with van der Waals surface area (Å²) < 4.78 is 123. The number of pyridine rings is 1. The van der Waals surface area contributed by atoms with E-state index in [1.165, 1.54) is 23.3 Å². The predicted octanol–water partition coefficient (Wildman–Crippen LogP) is 9.71. The van der Waals surface area contributed by atoms with Gasteiger partial charge in [0, 0.05) is 28.7 Å². The summed E-state index contributed by atoms with van der Waals surface area (Å²) in [4.78, 5) is 26.9. The van der Waals surface area contributed by atoms with Crippen LogP contribution in [0.2, 0.25) is 0 Å². The fourth-order valence-corrected chi connectivity index (χ4v) is 8.28. The number of benzene rings is 3. The Kier molecular flexibility index (Phi) is 11.7. The number of hydrogen-bond donors (Lipinski definition) is 1. The molecule has 1 aliphatic heterocycles. The number of aromatic nitrogens is 1. The number of halogens is 8. The summed E-state index contributed by atoms with van der Waals surface area (Å²) in [7, 11) is 0.